The van der Waals surface area contributed by atoms with E-state index >= 15 is 0 Å². The van der Waals surface area contributed by atoms with Gasteiger partial charge in [0.25, 0.3) is 0 Å². The molecule has 0 radical (unpaired) electrons. The van der Waals surface area contributed by atoms with Gasteiger partial charge in [0.15, 0.2) is 0 Å². The van der Waals surface area contributed by atoms with Gasteiger partial charge < -0.3 is 14.2 Å². The van der Waals surface area contributed by atoms with Crippen LogP contribution in [0.1, 0.15) is 99.3 Å². The molecule has 0 bridgehead atoms. The minimum Gasteiger partial charge on any atom is -0.493 e. The number of carbonyl (C=O) groups is 2. The lowest BCUT2D eigenvalue weighted by Gasteiger charge is -2.14. The van der Waals surface area contributed by atoms with Gasteiger partial charge in [-0.05, 0) is 54.3 Å². The van der Waals surface area contributed by atoms with E-state index in [0.29, 0.717) is 41.8 Å². The Labute approximate surface area is 239 Å². The zero-order valence-corrected chi connectivity index (χ0v) is 24.3. The van der Waals surface area contributed by atoms with Crippen LogP contribution in [0.4, 0.5) is 0 Å². The molecule has 214 valence electrons. The van der Waals surface area contributed by atoms with Gasteiger partial charge in [0.1, 0.15) is 11.5 Å². The molecule has 3 aromatic rings. The zero-order chi connectivity index (χ0) is 28.6. The Hall–Kier alpha value is -3.60. The Morgan fingerprint density at radius 3 is 2.00 bits per heavy atom. The maximum absolute atomic E-state index is 12.9. The fourth-order valence-electron chi connectivity index (χ4n) is 4.29. The summed E-state index contributed by atoms with van der Waals surface area (Å²) in [7, 11) is 0. The molecule has 0 saturated heterocycles. The van der Waals surface area contributed by atoms with Crippen molar-refractivity contribution in [2.75, 3.05) is 13.2 Å². The summed E-state index contributed by atoms with van der Waals surface area (Å²) in [6, 6.07) is 21.9. The standard InChI is InChI=1S/C35H44O5/c1-4-6-7-8-9-10-11-15-24-38-33-25-31(22-23-32(33)28-16-13-12-14-17-28)40-35(37)30-20-18-29(19-21-30)34(36)39-26-27(3)5-2/h12-14,16-23,25,27H,4-11,15,24,26H2,1-3H3/t27-/m0/s1. The highest BCUT2D eigenvalue weighted by Crippen LogP contribution is 2.34. The van der Waals surface area contributed by atoms with E-state index in [-0.39, 0.29) is 0 Å². The number of benzene rings is 3. The second kappa shape index (κ2) is 17.2. The number of esters is 2. The van der Waals surface area contributed by atoms with E-state index in [9.17, 15) is 9.59 Å². The van der Waals surface area contributed by atoms with Crippen LogP contribution in [0, 0.1) is 5.92 Å². The van der Waals surface area contributed by atoms with Crippen LogP contribution in [-0.2, 0) is 4.74 Å². The molecule has 40 heavy (non-hydrogen) atoms. The Kier molecular flexibility index (Phi) is 13.3. The Bertz CT molecular complexity index is 1170. The number of unbranched alkanes of at least 4 members (excludes halogenated alkanes) is 7. The van der Waals surface area contributed by atoms with Gasteiger partial charge in [0.2, 0.25) is 0 Å². The van der Waals surface area contributed by atoms with Crippen LogP contribution in [0.2, 0.25) is 0 Å². The summed E-state index contributed by atoms with van der Waals surface area (Å²) in [5.74, 6) is 0.517. The molecule has 0 aliphatic rings. The summed E-state index contributed by atoms with van der Waals surface area (Å²) in [5.41, 5.74) is 2.76. The predicted molar refractivity (Wildman–Crippen MR) is 161 cm³/mol. The van der Waals surface area contributed by atoms with Crippen LogP contribution in [0.5, 0.6) is 11.5 Å². The maximum Gasteiger partial charge on any atom is 0.343 e. The summed E-state index contributed by atoms with van der Waals surface area (Å²) in [6.45, 7) is 7.32. The van der Waals surface area contributed by atoms with Crippen molar-refractivity contribution in [3.8, 4) is 22.6 Å². The van der Waals surface area contributed by atoms with Crippen molar-refractivity contribution in [1.82, 2.24) is 0 Å². The first-order chi connectivity index (χ1) is 19.5. The molecule has 5 heteroatoms. The number of hydrogen-bond donors (Lipinski definition) is 0. The minimum absolute atomic E-state index is 0.306. The predicted octanol–water partition coefficient (Wildman–Crippen LogP) is 9.30. The first kappa shape index (κ1) is 30.9. The van der Waals surface area contributed by atoms with Crippen molar-refractivity contribution in [1.29, 1.82) is 0 Å². The Balaban J connectivity index is 1.61. The van der Waals surface area contributed by atoms with E-state index in [1.807, 2.05) is 43.3 Å². The molecule has 0 unspecified atom stereocenters. The lowest BCUT2D eigenvalue weighted by molar-refractivity contribution is 0.0446. The van der Waals surface area contributed by atoms with Gasteiger partial charge in [0, 0.05) is 11.6 Å². The van der Waals surface area contributed by atoms with Crippen LogP contribution >= 0.6 is 0 Å². The molecule has 1 atom stereocenters. The molecule has 0 aromatic heterocycles. The number of ether oxygens (including phenoxy) is 3. The van der Waals surface area contributed by atoms with Gasteiger partial charge in [-0.25, -0.2) is 9.59 Å². The molecule has 0 spiro atoms. The van der Waals surface area contributed by atoms with Gasteiger partial charge in [-0.1, -0.05) is 102 Å². The first-order valence-electron chi connectivity index (χ1n) is 14.8. The van der Waals surface area contributed by atoms with Crippen LogP contribution < -0.4 is 9.47 Å². The Morgan fingerprint density at radius 1 is 0.725 bits per heavy atom. The van der Waals surface area contributed by atoms with E-state index in [1.165, 1.54) is 38.5 Å². The van der Waals surface area contributed by atoms with Crippen molar-refractivity contribution in [3.63, 3.8) is 0 Å². The van der Waals surface area contributed by atoms with Gasteiger partial charge in [-0.2, -0.15) is 0 Å². The van der Waals surface area contributed by atoms with Crippen molar-refractivity contribution in [3.05, 3.63) is 83.9 Å². The fraction of sp³-hybridized carbons (Fsp3) is 0.429. The number of carbonyl (C=O) groups excluding carboxylic acids is 2. The molecular formula is C35H44O5. The third-order valence-electron chi connectivity index (χ3n) is 7.06. The molecule has 0 aliphatic carbocycles. The van der Waals surface area contributed by atoms with Gasteiger partial charge in [0.05, 0.1) is 24.3 Å². The van der Waals surface area contributed by atoms with E-state index in [2.05, 4.69) is 13.8 Å². The lowest BCUT2D eigenvalue weighted by atomic mass is 10.0. The molecule has 3 rings (SSSR count). The van der Waals surface area contributed by atoms with E-state index in [4.69, 9.17) is 14.2 Å². The fourth-order valence-corrected chi connectivity index (χ4v) is 4.29. The monoisotopic (exact) mass is 544 g/mol. The van der Waals surface area contributed by atoms with Gasteiger partial charge in [-0.15, -0.1) is 0 Å². The smallest absolute Gasteiger partial charge is 0.343 e. The third-order valence-corrected chi connectivity index (χ3v) is 7.06. The topological polar surface area (TPSA) is 61.8 Å². The molecule has 3 aromatic carbocycles. The van der Waals surface area contributed by atoms with E-state index in [1.54, 1.807) is 36.4 Å². The van der Waals surface area contributed by atoms with Crippen molar-refractivity contribution in [2.24, 2.45) is 5.92 Å². The average Bonchev–Trinajstić information content (AvgIpc) is 2.99. The normalized spacial score (nSPS) is 11.6. The molecule has 0 heterocycles. The third kappa shape index (κ3) is 10.2. The second-order valence-electron chi connectivity index (χ2n) is 10.4. The van der Waals surface area contributed by atoms with E-state index in [0.717, 1.165) is 30.4 Å². The van der Waals surface area contributed by atoms with Crippen LogP contribution in [0.3, 0.4) is 0 Å². The van der Waals surface area contributed by atoms with Gasteiger partial charge >= 0.3 is 11.9 Å². The van der Waals surface area contributed by atoms with Crippen LogP contribution in [0.15, 0.2) is 72.8 Å². The second-order valence-corrected chi connectivity index (χ2v) is 10.4. The highest BCUT2D eigenvalue weighted by Gasteiger charge is 2.15. The van der Waals surface area contributed by atoms with Gasteiger partial charge in [-0.3, -0.25) is 0 Å². The van der Waals surface area contributed by atoms with Crippen LogP contribution in [0.25, 0.3) is 11.1 Å². The molecule has 5 nitrogen and oxygen atoms in total. The van der Waals surface area contributed by atoms with Crippen molar-refractivity contribution >= 4 is 11.9 Å². The highest BCUT2D eigenvalue weighted by atomic mass is 16.5. The zero-order valence-electron chi connectivity index (χ0n) is 24.3. The molecule has 0 fully saturated rings. The van der Waals surface area contributed by atoms with Crippen molar-refractivity contribution in [2.45, 2.75) is 78.6 Å². The Morgan fingerprint density at radius 2 is 1.35 bits per heavy atom. The molecule has 0 saturated carbocycles. The van der Waals surface area contributed by atoms with Crippen molar-refractivity contribution < 1.29 is 23.8 Å². The largest absolute Gasteiger partial charge is 0.493 e. The van der Waals surface area contributed by atoms with E-state index < -0.39 is 11.9 Å². The molecule has 0 aliphatic heterocycles. The summed E-state index contributed by atoms with van der Waals surface area (Å²) in [4.78, 5) is 25.1. The number of hydrogen-bond acceptors (Lipinski definition) is 5. The molecular weight excluding hydrogens is 500 g/mol. The minimum atomic E-state index is -0.499. The average molecular weight is 545 g/mol. The lowest BCUT2D eigenvalue weighted by Crippen LogP contribution is -2.12. The molecule has 0 N–H and O–H groups in total. The first-order valence-corrected chi connectivity index (χ1v) is 14.8. The summed E-state index contributed by atoms with van der Waals surface area (Å²) >= 11 is 0. The van der Waals surface area contributed by atoms with Crippen LogP contribution in [-0.4, -0.2) is 25.2 Å². The SMILES string of the molecule is CCCCCCCCCCOc1cc(OC(=O)c2ccc(C(=O)OC[C@@H](C)CC)cc2)ccc1-c1ccccc1. The summed E-state index contributed by atoms with van der Waals surface area (Å²) in [6.07, 6.45) is 10.8. The molecule has 0 amide bonds. The summed E-state index contributed by atoms with van der Waals surface area (Å²) in [5, 5.41) is 0. The quantitative estimate of drug-likeness (QED) is 0.0962. The highest BCUT2D eigenvalue weighted by molar-refractivity contribution is 5.94. The maximum atomic E-state index is 12.9. The summed E-state index contributed by atoms with van der Waals surface area (Å²) < 4.78 is 17.2. The number of rotatable bonds is 17.